The van der Waals surface area contributed by atoms with Gasteiger partial charge >= 0.3 is 0 Å². The Morgan fingerprint density at radius 2 is 2.15 bits per heavy atom. The molecule has 6 heteroatoms. The van der Waals surface area contributed by atoms with E-state index < -0.39 is 0 Å². The molecule has 2 heterocycles. The van der Waals surface area contributed by atoms with Crippen molar-refractivity contribution in [1.82, 2.24) is 9.80 Å². The second-order valence-electron chi connectivity index (χ2n) is 5.06. The molecule has 1 aromatic heterocycles. The first kappa shape index (κ1) is 16.2. The maximum Gasteiger partial charge on any atom is 0.179 e. The summed E-state index contributed by atoms with van der Waals surface area (Å²) in [5.41, 5.74) is 0.563. The molecule has 1 fully saturated rings. The fraction of sp³-hybridized carbons (Fsp3) is 0.643. The van der Waals surface area contributed by atoms with Crippen LogP contribution in [-0.4, -0.2) is 54.3 Å². The zero-order valence-corrected chi connectivity index (χ0v) is 14.2. The van der Waals surface area contributed by atoms with Gasteiger partial charge in [0.25, 0.3) is 0 Å². The van der Waals surface area contributed by atoms with Crippen molar-refractivity contribution in [2.24, 2.45) is 0 Å². The number of hydrogen-bond donors (Lipinski definition) is 0. The molecule has 3 nitrogen and oxygen atoms in total. The lowest BCUT2D eigenvalue weighted by molar-refractivity contribution is 0.0940. The number of ketones is 1. The molecule has 1 atom stereocenters. The third kappa shape index (κ3) is 3.74. The molecule has 112 valence electrons. The number of nitrogens with zero attached hydrogens (tertiary/aromatic N) is 2. The molecule has 0 radical (unpaired) electrons. The Labute approximate surface area is 134 Å². The molecule has 20 heavy (non-hydrogen) atoms. The Balaban J connectivity index is 1.92. The van der Waals surface area contributed by atoms with Crippen molar-refractivity contribution in [1.29, 1.82) is 0 Å². The summed E-state index contributed by atoms with van der Waals surface area (Å²) in [5.74, 6) is 0.0679. The minimum atomic E-state index is 0.0679. The van der Waals surface area contributed by atoms with Crippen molar-refractivity contribution < 1.29 is 4.79 Å². The topological polar surface area (TPSA) is 23.6 Å². The molecule has 1 unspecified atom stereocenters. The van der Waals surface area contributed by atoms with Crippen LogP contribution in [-0.2, 0) is 0 Å². The van der Waals surface area contributed by atoms with Crippen LogP contribution in [0.25, 0.3) is 0 Å². The smallest absolute Gasteiger partial charge is 0.179 e. The van der Waals surface area contributed by atoms with Crippen LogP contribution in [0, 0.1) is 0 Å². The van der Waals surface area contributed by atoms with E-state index in [1.807, 2.05) is 0 Å². The zero-order chi connectivity index (χ0) is 14.7. The lowest BCUT2D eigenvalue weighted by Gasteiger charge is -2.26. The average molecular weight is 335 g/mol. The zero-order valence-electron chi connectivity index (χ0n) is 11.9. The number of rotatable bonds is 6. The molecule has 0 aromatic carbocycles. The number of hydrogen-bond acceptors (Lipinski definition) is 4. The van der Waals surface area contributed by atoms with E-state index in [1.54, 1.807) is 6.07 Å². The first-order chi connectivity index (χ1) is 9.55. The second-order valence-corrected chi connectivity index (χ2v) is 7.35. The Hall–Kier alpha value is -0.130. The number of carbonyl (C=O) groups is 1. The first-order valence-electron chi connectivity index (χ1n) is 6.99. The summed E-state index contributed by atoms with van der Waals surface area (Å²) in [7, 11) is 0. The Morgan fingerprint density at radius 3 is 2.70 bits per heavy atom. The van der Waals surface area contributed by atoms with E-state index in [4.69, 9.17) is 23.2 Å². The molecule has 0 N–H and O–H groups in total. The lowest BCUT2D eigenvalue weighted by atomic mass is 10.2. The maximum absolute atomic E-state index is 12.3. The van der Waals surface area contributed by atoms with Gasteiger partial charge < -0.3 is 0 Å². The largest absolute Gasteiger partial charge is 0.300 e. The molecule has 0 bridgehead atoms. The van der Waals surface area contributed by atoms with Crippen LogP contribution >= 0.6 is 34.5 Å². The highest BCUT2D eigenvalue weighted by Gasteiger charge is 2.28. The molecule has 1 aliphatic rings. The van der Waals surface area contributed by atoms with Crippen LogP contribution in [0.5, 0.6) is 0 Å². The highest BCUT2D eigenvalue weighted by molar-refractivity contribution is 7.20. The molecule has 0 spiro atoms. The SMILES string of the molecule is CCN(CC)C1CCN(CC(=O)c2cc(Cl)sc2Cl)C1. The fourth-order valence-electron chi connectivity index (χ4n) is 2.81. The van der Waals surface area contributed by atoms with E-state index in [0.717, 1.165) is 32.6 Å². The number of carbonyl (C=O) groups excluding carboxylic acids is 1. The number of likely N-dealkylation sites (tertiary alicyclic amines) is 1. The second kappa shape index (κ2) is 7.23. The van der Waals surface area contributed by atoms with Crippen molar-refractivity contribution in [3.8, 4) is 0 Å². The van der Waals surface area contributed by atoms with E-state index >= 15 is 0 Å². The Bertz CT molecular complexity index is 474. The number of Topliss-reactive ketones (excluding diaryl/α,β-unsaturated/α-hetero) is 1. The predicted octanol–water partition coefficient (Wildman–Crippen LogP) is 3.65. The minimum absolute atomic E-state index is 0.0679. The van der Waals surface area contributed by atoms with Crippen molar-refractivity contribution in [3.05, 3.63) is 20.3 Å². The molecule has 0 saturated carbocycles. The Kier molecular flexibility index (Phi) is 5.87. The van der Waals surface area contributed by atoms with Gasteiger partial charge in [0.05, 0.1) is 16.4 Å². The summed E-state index contributed by atoms with van der Waals surface area (Å²) < 4.78 is 1.07. The van der Waals surface area contributed by atoms with E-state index in [0.29, 0.717) is 26.8 Å². The van der Waals surface area contributed by atoms with E-state index in [9.17, 15) is 4.79 Å². The normalized spacial score (nSPS) is 19.9. The van der Waals surface area contributed by atoms with Crippen LogP contribution in [0.15, 0.2) is 6.07 Å². The monoisotopic (exact) mass is 334 g/mol. The summed E-state index contributed by atoms with van der Waals surface area (Å²) in [4.78, 5) is 16.9. The van der Waals surface area contributed by atoms with Gasteiger partial charge in [0.1, 0.15) is 4.34 Å². The van der Waals surface area contributed by atoms with Crippen LogP contribution < -0.4 is 0 Å². The summed E-state index contributed by atoms with van der Waals surface area (Å²) in [6, 6.07) is 2.24. The van der Waals surface area contributed by atoms with Gasteiger partial charge in [-0.1, -0.05) is 37.0 Å². The van der Waals surface area contributed by atoms with Crippen LogP contribution in [0.1, 0.15) is 30.6 Å². The van der Waals surface area contributed by atoms with E-state index in [-0.39, 0.29) is 5.78 Å². The molecule has 2 rings (SSSR count). The van der Waals surface area contributed by atoms with Crippen molar-refractivity contribution in [3.63, 3.8) is 0 Å². The number of halogens is 2. The van der Waals surface area contributed by atoms with Gasteiger partial charge in [-0.25, -0.2) is 0 Å². The van der Waals surface area contributed by atoms with Gasteiger partial charge in [-0.3, -0.25) is 14.6 Å². The van der Waals surface area contributed by atoms with Gasteiger partial charge in [0.2, 0.25) is 0 Å². The van der Waals surface area contributed by atoms with Crippen molar-refractivity contribution >= 4 is 40.3 Å². The fourth-order valence-corrected chi connectivity index (χ4v) is 4.31. The molecule has 1 aliphatic heterocycles. The number of thiophene rings is 1. The highest BCUT2D eigenvalue weighted by atomic mass is 35.5. The van der Waals surface area contributed by atoms with Gasteiger partial charge in [-0.2, -0.15) is 0 Å². The van der Waals surface area contributed by atoms with E-state index in [1.165, 1.54) is 11.3 Å². The Morgan fingerprint density at radius 1 is 1.45 bits per heavy atom. The third-order valence-corrected chi connectivity index (χ3v) is 5.39. The van der Waals surface area contributed by atoms with Crippen molar-refractivity contribution in [2.45, 2.75) is 26.3 Å². The molecule has 0 amide bonds. The quantitative estimate of drug-likeness (QED) is 0.742. The van der Waals surface area contributed by atoms with Gasteiger partial charge in [-0.05, 0) is 25.6 Å². The molecule has 0 aliphatic carbocycles. The molecular weight excluding hydrogens is 315 g/mol. The van der Waals surface area contributed by atoms with Crippen LogP contribution in [0.2, 0.25) is 8.67 Å². The summed E-state index contributed by atoms with van der Waals surface area (Å²) >= 11 is 13.2. The average Bonchev–Trinajstić information content (AvgIpc) is 2.98. The molecule has 1 aromatic rings. The standard InChI is InChI=1S/C14H20Cl2N2OS/c1-3-18(4-2)10-5-6-17(8-10)9-12(19)11-7-13(15)20-14(11)16/h7,10H,3-6,8-9H2,1-2H3. The van der Waals surface area contributed by atoms with Crippen molar-refractivity contribution in [2.75, 3.05) is 32.7 Å². The molecular formula is C14H20Cl2N2OS. The maximum atomic E-state index is 12.3. The van der Waals surface area contributed by atoms with E-state index in [2.05, 4.69) is 23.6 Å². The predicted molar refractivity (Wildman–Crippen MR) is 86.4 cm³/mol. The summed E-state index contributed by atoms with van der Waals surface area (Å²) in [6.45, 7) is 8.87. The van der Waals surface area contributed by atoms with Gasteiger partial charge in [0.15, 0.2) is 5.78 Å². The van der Waals surface area contributed by atoms with Gasteiger partial charge in [-0.15, -0.1) is 11.3 Å². The van der Waals surface area contributed by atoms with Gasteiger partial charge in [0, 0.05) is 19.1 Å². The summed E-state index contributed by atoms with van der Waals surface area (Å²) in [5, 5.41) is 0. The van der Waals surface area contributed by atoms with Crippen LogP contribution in [0.4, 0.5) is 0 Å². The third-order valence-electron chi connectivity index (χ3n) is 3.90. The lowest BCUT2D eigenvalue weighted by Crippen LogP contribution is -2.38. The minimum Gasteiger partial charge on any atom is -0.300 e. The highest BCUT2D eigenvalue weighted by Crippen LogP contribution is 2.31. The molecule has 1 saturated heterocycles. The summed E-state index contributed by atoms with van der Waals surface area (Å²) in [6.07, 6.45) is 1.13. The van der Waals surface area contributed by atoms with Crippen LogP contribution in [0.3, 0.4) is 0 Å². The first-order valence-corrected chi connectivity index (χ1v) is 8.56. The number of likely N-dealkylation sites (N-methyl/N-ethyl adjacent to an activating group) is 1.